The molecule has 2 atom stereocenters. The summed E-state index contributed by atoms with van der Waals surface area (Å²) in [6, 6.07) is 9.97. The molecule has 0 bridgehead atoms. The number of carbonyl (C=O) groups excluding carboxylic acids is 3. The topological polar surface area (TPSA) is 108 Å². The Bertz CT molecular complexity index is 1230. The van der Waals surface area contributed by atoms with Gasteiger partial charge in [-0.25, -0.2) is 9.79 Å². The van der Waals surface area contributed by atoms with Gasteiger partial charge in [0.05, 0.1) is 16.6 Å². The van der Waals surface area contributed by atoms with Gasteiger partial charge < -0.3 is 20.1 Å². The molecule has 2 aromatic rings. The van der Waals surface area contributed by atoms with E-state index in [0.717, 1.165) is 12.0 Å². The fourth-order valence-electron chi connectivity index (χ4n) is 3.99. The second-order valence-corrected chi connectivity index (χ2v) is 9.23. The highest BCUT2D eigenvalue weighted by atomic mass is 35.5. The summed E-state index contributed by atoms with van der Waals surface area (Å²) in [4.78, 5) is 43.7. The van der Waals surface area contributed by atoms with Crippen molar-refractivity contribution in [2.45, 2.75) is 38.3 Å². The number of phenols is 1. The van der Waals surface area contributed by atoms with E-state index < -0.39 is 18.1 Å². The lowest BCUT2D eigenvalue weighted by Crippen LogP contribution is -2.48. The molecule has 4 rings (SSSR count). The van der Waals surface area contributed by atoms with E-state index in [-0.39, 0.29) is 29.0 Å². The largest absolute Gasteiger partial charge is 0.508 e. The predicted octanol–water partition coefficient (Wildman–Crippen LogP) is 3.62. The highest BCUT2D eigenvalue weighted by Crippen LogP contribution is 2.27. The molecule has 2 aromatic carbocycles. The number of halogens is 2. The standard InChI is InChI=1S/C25H23Cl2N3O5/c1-14(31)20(11-15-4-7-17(32)8-5-15)28-23(33)22-3-2-10-30(22)13-21-25(34)35-24(29-21)18-9-6-16(26)12-19(18)27/h4-9,12-13,20,22,32H,2-3,10-11H2,1H3,(H,28,33)/b21-13-/t20-,22-/m1/s1. The Labute approximate surface area is 212 Å². The summed E-state index contributed by atoms with van der Waals surface area (Å²) in [5, 5.41) is 13.0. The van der Waals surface area contributed by atoms with Crippen LogP contribution in [0, 0.1) is 0 Å². The Hall–Kier alpha value is -3.36. The summed E-state index contributed by atoms with van der Waals surface area (Å²) in [6.45, 7) is 1.97. The van der Waals surface area contributed by atoms with E-state index in [1.807, 2.05) is 0 Å². The number of ether oxygens (including phenoxy) is 1. The number of likely N-dealkylation sites (tertiary alicyclic amines) is 1. The molecule has 0 unspecified atom stereocenters. The number of phenolic OH excluding ortho intramolecular Hbond substituents is 1. The molecule has 182 valence electrons. The van der Waals surface area contributed by atoms with Crippen molar-refractivity contribution < 1.29 is 24.2 Å². The molecular weight excluding hydrogens is 493 g/mol. The van der Waals surface area contributed by atoms with Gasteiger partial charge in [0.2, 0.25) is 11.8 Å². The van der Waals surface area contributed by atoms with Gasteiger partial charge in [-0.2, -0.15) is 0 Å². The van der Waals surface area contributed by atoms with E-state index in [0.29, 0.717) is 35.0 Å². The summed E-state index contributed by atoms with van der Waals surface area (Å²) in [6.07, 6.45) is 3.11. The molecule has 10 heteroatoms. The number of ketones is 1. The molecule has 35 heavy (non-hydrogen) atoms. The van der Waals surface area contributed by atoms with Crippen LogP contribution in [0.3, 0.4) is 0 Å². The number of carbonyl (C=O) groups is 3. The molecule has 1 amide bonds. The first kappa shape index (κ1) is 24.8. The normalized spacial score (nSPS) is 19.5. The van der Waals surface area contributed by atoms with Gasteiger partial charge >= 0.3 is 5.97 Å². The number of Topliss-reactive ketones (excluding diaryl/α,β-unsaturated/α-hetero) is 1. The van der Waals surface area contributed by atoms with Gasteiger partial charge in [-0.05, 0) is 62.1 Å². The molecule has 0 aromatic heterocycles. The average molecular weight is 516 g/mol. The SMILES string of the molecule is CC(=O)[C@@H](Cc1ccc(O)cc1)NC(=O)[C@H]1CCCN1/C=C1\N=C(c2ccc(Cl)cc2Cl)OC1=O. The first-order chi connectivity index (χ1) is 16.7. The number of nitrogens with zero attached hydrogens (tertiary/aromatic N) is 2. The molecule has 0 saturated carbocycles. The molecule has 8 nitrogen and oxygen atoms in total. The maximum absolute atomic E-state index is 13.1. The summed E-state index contributed by atoms with van der Waals surface area (Å²) >= 11 is 12.1. The number of aromatic hydroxyl groups is 1. The predicted molar refractivity (Wildman–Crippen MR) is 131 cm³/mol. The van der Waals surface area contributed by atoms with Crippen molar-refractivity contribution in [3.05, 3.63) is 75.5 Å². The fraction of sp³-hybridized carbons (Fsp3) is 0.280. The van der Waals surface area contributed by atoms with Crippen LogP contribution in [-0.4, -0.2) is 52.2 Å². The smallest absolute Gasteiger partial charge is 0.365 e. The van der Waals surface area contributed by atoms with Crippen LogP contribution in [0.25, 0.3) is 0 Å². The Kier molecular flexibility index (Phi) is 7.42. The number of amides is 1. The quantitative estimate of drug-likeness (QED) is 0.430. The number of benzene rings is 2. The van der Waals surface area contributed by atoms with Gasteiger partial charge in [-0.15, -0.1) is 0 Å². The van der Waals surface area contributed by atoms with Crippen molar-refractivity contribution in [1.82, 2.24) is 10.2 Å². The molecule has 2 aliphatic heterocycles. The number of hydrogen-bond donors (Lipinski definition) is 2. The number of aliphatic imine (C=N–C) groups is 1. The summed E-state index contributed by atoms with van der Waals surface area (Å²) in [5.74, 6) is -0.946. The van der Waals surface area contributed by atoms with Gasteiger partial charge in [-0.1, -0.05) is 35.3 Å². The first-order valence-electron chi connectivity index (χ1n) is 11.0. The Morgan fingerprint density at radius 2 is 2.00 bits per heavy atom. The summed E-state index contributed by atoms with van der Waals surface area (Å²) in [5.41, 5.74) is 1.30. The van der Waals surface area contributed by atoms with E-state index >= 15 is 0 Å². The van der Waals surface area contributed by atoms with Crippen LogP contribution in [-0.2, 0) is 25.5 Å². The fourth-order valence-corrected chi connectivity index (χ4v) is 4.48. The van der Waals surface area contributed by atoms with Gasteiger partial charge in [0.25, 0.3) is 0 Å². The number of esters is 1. The van der Waals surface area contributed by atoms with Gasteiger partial charge in [0.1, 0.15) is 11.8 Å². The van der Waals surface area contributed by atoms with E-state index in [2.05, 4.69) is 10.3 Å². The molecule has 0 spiro atoms. The van der Waals surface area contributed by atoms with Crippen molar-refractivity contribution in [3.63, 3.8) is 0 Å². The lowest BCUT2D eigenvalue weighted by Gasteiger charge is -2.24. The zero-order valence-electron chi connectivity index (χ0n) is 18.8. The van der Waals surface area contributed by atoms with E-state index in [4.69, 9.17) is 27.9 Å². The lowest BCUT2D eigenvalue weighted by molar-refractivity contribution is -0.130. The highest BCUT2D eigenvalue weighted by Gasteiger charge is 2.33. The lowest BCUT2D eigenvalue weighted by atomic mass is 10.0. The molecule has 2 N–H and O–H groups in total. The van der Waals surface area contributed by atoms with Crippen molar-refractivity contribution in [1.29, 1.82) is 0 Å². The van der Waals surface area contributed by atoms with Crippen molar-refractivity contribution in [2.24, 2.45) is 4.99 Å². The van der Waals surface area contributed by atoms with Crippen molar-refractivity contribution in [3.8, 4) is 5.75 Å². The van der Waals surface area contributed by atoms with E-state index in [1.165, 1.54) is 31.3 Å². The van der Waals surface area contributed by atoms with Crippen LogP contribution in [0.2, 0.25) is 10.0 Å². The minimum Gasteiger partial charge on any atom is -0.508 e. The molecule has 1 saturated heterocycles. The minimum atomic E-state index is -0.713. The Balaban J connectivity index is 1.48. The van der Waals surface area contributed by atoms with Crippen LogP contribution in [0.4, 0.5) is 0 Å². The van der Waals surface area contributed by atoms with E-state index in [1.54, 1.807) is 29.2 Å². The van der Waals surface area contributed by atoms with Gasteiger partial charge in [0.15, 0.2) is 11.5 Å². The van der Waals surface area contributed by atoms with Gasteiger partial charge in [0, 0.05) is 17.8 Å². The number of rotatable bonds is 7. The number of nitrogens with one attached hydrogen (secondary N) is 1. The third-order valence-corrected chi connectivity index (χ3v) is 6.40. The average Bonchev–Trinajstić information content (AvgIpc) is 3.41. The summed E-state index contributed by atoms with van der Waals surface area (Å²) < 4.78 is 5.28. The van der Waals surface area contributed by atoms with Crippen LogP contribution >= 0.6 is 23.2 Å². The summed E-state index contributed by atoms with van der Waals surface area (Å²) in [7, 11) is 0. The Morgan fingerprint density at radius 3 is 2.69 bits per heavy atom. The molecule has 1 fully saturated rings. The van der Waals surface area contributed by atoms with Crippen LogP contribution in [0.1, 0.15) is 30.9 Å². The number of hydrogen-bond acceptors (Lipinski definition) is 7. The molecule has 0 aliphatic carbocycles. The molecule has 2 aliphatic rings. The third-order valence-electron chi connectivity index (χ3n) is 5.85. The van der Waals surface area contributed by atoms with Crippen molar-refractivity contribution in [2.75, 3.05) is 6.54 Å². The Morgan fingerprint density at radius 1 is 1.26 bits per heavy atom. The minimum absolute atomic E-state index is 0.0536. The molecule has 2 heterocycles. The van der Waals surface area contributed by atoms with Gasteiger partial charge in [-0.3, -0.25) is 9.59 Å². The maximum Gasteiger partial charge on any atom is 0.365 e. The number of cyclic esters (lactones) is 1. The third kappa shape index (κ3) is 5.83. The highest BCUT2D eigenvalue weighted by molar-refractivity contribution is 6.37. The van der Waals surface area contributed by atoms with Crippen LogP contribution in [0.15, 0.2) is 59.4 Å². The second kappa shape index (κ2) is 10.5. The second-order valence-electron chi connectivity index (χ2n) is 8.38. The molecule has 0 radical (unpaired) electrons. The van der Waals surface area contributed by atoms with Crippen LogP contribution < -0.4 is 5.32 Å². The zero-order chi connectivity index (χ0) is 25.1. The van der Waals surface area contributed by atoms with E-state index in [9.17, 15) is 19.5 Å². The zero-order valence-corrected chi connectivity index (χ0v) is 20.3. The first-order valence-corrected chi connectivity index (χ1v) is 11.8. The van der Waals surface area contributed by atoms with Crippen LogP contribution in [0.5, 0.6) is 5.75 Å². The maximum atomic E-state index is 13.1. The molecular formula is C25H23Cl2N3O5. The van der Waals surface area contributed by atoms with Crippen molar-refractivity contribution >= 4 is 46.8 Å². The monoisotopic (exact) mass is 515 g/mol.